The predicted octanol–water partition coefficient (Wildman–Crippen LogP) is 4.46. The Morgan fingerprint density at radius 2 is 1.94 bits per heavy atom. The van der Waals surface area contributed by atoms with Crippen molar-refractivity contribution < 1.29 is 9.59 Å². The summed E-state index contributed by atoms with van der Waals surface area (Å²) in [6.07, 6.45) is 7.35. The lowest BCUT2D eigenvalue weighted by Gasteiger charge is -2.35. The minimum atomic E-state index is -0.453. The van der Waals surface area contributed by atoms with Crippen LogP contribution in [0.4, 0.5) is 0 Å². The summed E-state index contributed by atoms with van der Waals surface area (Å²) in [5.41, 5.74) is 3.29. The van der Waals surface area contributed by atoms with Crippen LogP contribution in [0.3, 0.4) is 0 Å². The zero-order chi connectivity index (χ0) is 23.4. The molecule has 1 aromatic carbocycles. The molecule has 2 amide bonds. The molecule has 0 spiro atoms. The van der Waals surface area contributed by atoms with E-state index in [1.807, 2.05) is 11.8 Å². The normalized spacial score (nSPS) is 21.1. The highest BCUT2D eigenvalue weighted by molar-refractivity contribution is 7.10. The number of aromatic nitrogens is 1. The van der Waals surface area contributed by atoms with Gasteiger partial charge in [0.15, 0.2) is 0 Å². The average molecular weight is 469 g/mol. The van der Waals surface area contributed by atoms with Crippen molar-refractivity contribution in [2.45, 2.75) is 76.9 Å². The van der Waals surface area contributed by atoms with Crippen LogP contribution in [-0.4, -0.2) is 47.4 Å². The second-order valence-corrected chi connectivity index (χ2v) is 10.4. The first-order valence-corrected chi connectivity index (χ1v) is 13.2. The van der Waals surface area contributed by atoms with Crippen molar-refractivity contribution in [3.8, 4) is 11.3 Å². The minimum Gasteiger partial charge on any atom is -0.343 e. The van der Waals surface area contributed by atoms with Crippen molar-refractivity contribution in [1.29, 1.82) is 0 Å². The standard InChI is InChI=1S/C26H36N4O2S/c1-17-9-7-12-20(15-17)21-16-33-25(28-21)22-13-8-14-30(22)26(32)23(19-10-5-4-6-11-19)29-24(31)18(2)27-3/h7,9,12,15-16,18-19,22-23,27H,4-6,8,10-11,13-14H2,1-3H3,(H,29,31)/t18-,22-,23-/m0/s1. The number of hydrogen-bond acceptors (Lipinski definition) is 5. The van der Waals surface area contributed by atoms with Crippen LogP contribution in [0.15, 0.2) is 29.6 Å². The number of hydrogen-bond donors (Lipinski definition) is 2. The third-order valence-electron chi connectivity index (χ3n) is 7.17. The van der Waals surface area contributed by atoms with Crippen LogP contribution >= 0.6 is 11.3 Å². The molecule has 0 unspecified atom stereocenters. The lowest BCUT2D eigenvalue weighted by molar-refractivity contribution is -0.139. The van der Waals surface area contributed by atoms with Gasteiger partial charge in [-0.05, 0) is 58.6 Å². The van der Waals surface area contributed by atoms with E-state index in [4.69, 9.17) is 4.98 Å². The first kappa shape index (κ1) is 23.9. The second-order valence-electron chi connectivity index (χ2n) is 9.52. The molecular formula is C26H36N4O2S. The van der Waals surface area contributed by atoms with Crippen molar-refractivity contribution in [3.05, 3.63) is 40.2 Å². The van der Waals surface area contributed by atoms with Crippen LogP contribution in [-0.2, 0) is 9.59 Å². The van der Waals surface area contributed by atoms with E-state index in [9.17, 15) is 9.59 Å². The molecule has 1 aliphatic carbocycles. The molecule has 3 atom stereocenters. The van der Waals surface area contributed by atoms with E-state index in [2.05, 4.69) is 47.2 Å². The number of aryl methyl sites for hydroxylation is 1. The lowest BCUT2D eigenvalue weighted by atomic mass is 9.83. The van der Waals surface area contributed by atoms with E-state index in [0.717, 1.165) is 61.3 Å². The van der Waals surface area contributed by atoms with E-state index in [0.29, 0.717) is 0 Å². The van der Waals surface area contributed by atoms with Crippen molar-refractivity contribution >= 4 is 23.2 Å². The molecule has 0 bridgehead atoms. The van der Waals surface area contributed by atoms with Gasteiger partial charge in [-0.15, -0.1) is 11.3 Å². The van der Waals surface area contributed by atoms with Crippen molar-refractivity contribution in [2.24, 2.45) is 5.92 Å². The summed E-state index contributed by atoms with van der Waals surface area (Å²) in [6, 6.07) is 7.58. The molecule has 2 heterocycles. The third-order valence-corrected chi connectivity index (χ3v) is 8.11. The van der Waals surface area contributed by atoms with E-state index in [1.165, 1.54) is 12.0 Å². The van der Waals surface area contributed by atoms with Crippen LogP contribution in [0.1, 0.15) is 68.5 Å². The molecule has 4 rings (SSSR count). The zero-order valence-corrected chi connectivity index (χ0v) is 20.8. The maximum absolute atomic E-state index is 13.9. The zero-order valence-electron chi connectivity index (χ0n) is 20.0. The summed E-state index contributed by atoms with van der Waals surface area (Å²) in [5, 5.41) is 9.20. The molecule has 2 aromatic rings. The number of rotatable bonds is 7. The average Bonchev–Trinajstić information content (AvgIpc) is 3.51. The highest BCUT2D eigenvalue weighted by Gasteiger charge is 2.40. The Labute approximate surface area is 201 Å². The fourth-order valence-corrected chi connectivity index (χ4v) is 6.08. The van der Waals surface area contributed by atoms with Gasteiger partial charge in [0.1, 0.15) is 11.0 Å². The number of benzene rings is 1. The lowest BCUT2D eigenvalue weighted by Crippen LogP contribution is -2.55. The Morgan fingerprint density at radius 1 is 1.15 bits per heavy atom. The fraction of sp³-hybridized carbons (Fsp3) is 0.577. The first-order valence-electron chi connectivity index (χ1n) is 12.3. The van der Waals surface area contributed by atoms with Gasteiger partial charge in [-0.2, -0.15) is 0 Å². The Bertz CT molecular complexity index is 969. The van der Waals surface area contributed by atoms with Crippen LogP contribution in [0, 0.1) is 12.8 Å². The Morgan fingerprint density at radius 3 is 2.67 bits per heavy atom. The number of amides is 2. The van der Waals surface area contributed by atoms with Gasteiger partial charge in [0.2, 0.25) is 11.8 Å². The molecule has 1 aromatic heterocycles. The van der Waals surface area contributed by atoms with E-state index >= 15 is 0 Å². The molecule has 33 heavy (non-hydrogen) atoms. The first-order chi connectivity index (χ1) is 16.0. The summed E-state index contributed by atoms with van der Waals surface area (Å²) >= 11 is 1.64. The largest absolute Gasteiger partial charge is 0.343 e. The van der Waals surface area contributed by atoms with Gasteiger partial charge >= 0.3 is 0 Å². The number of thiazole rings is 1. The van der Waals surface area contributed by atoms with Gasteiger partial charge in [-0.25, -0.2) is 4.98 Å². The second kappa shape index (κ2) is 10.8. The van der Waals surface area contributed by atoms with E-state index in [-0.39, 0.29) is 29.8 Å². The van der Waals surface area contributed by atoms with Crippen molar-refractivity contribution in [2.75, 3.05) is 13.6 Å². The molecule has 1 saturated heterocycles. The van der Waals surface area contributed by atoms with E-state index < -0.39 is 6.04 Å². The van der Waals surface area contributed by atoms with Crippen LogP contribution < -0.4 is 10.6 Å². The summed E-state index contributed by atoms with van der Waals surface area (Å²) in [7, 11) is 1.77. The Kier molecular flexibility index (Phi) is 7.81. The molecule has 1 saturated carbocycles. The smallest absolute Gasteiger partial charge is 0.246 e. The van der Waals surface area contributed by atoms with Crippen LogP contribution in [0.25, 0.3) is 11.3 Å². The summed E-state index contributed by atoms with van der Waals surface area (Å²) in [6.45, 7) is 4.64. The number of nitrogens with zero attached hydrogens (tertiary/aromatic N) is 2. The highest BCUT2D eigenvalue weighted by atomic mass is 32.1. The monoisotopic (exact) mass is 468 g/mol. The quantitative estimate of drug-likeness (QED) is 0.629. The molecule has 6 nitrogen and oxygen atoms in total. The number of carbonyl (C=O) groups excluding carboxylic acids is 2. The predicted molar refractivity (Wildman–Crippen MR) is 133 cm³/mol. The molecule has 7 heteroatoms. The molecular weight excluding hydrogens is 432 g/mol. The maximum Gasteiger partial charge on any atom is 0.246 e. The highest BCUT2D eigenvalue weighted by Crippen LogP contribution is 2.37. The van der Waals surface area contributed by atoms with Crippen LogP contribution in [0.5, 0.6) is 0 Å². The van der Waals surface area contributed by atoms with Gasteiger partial charge in [0.25, 0.3) is 0 Å². The molecule has 2 aliphatic rings. The molecule has 2 N–H and O–H groups in total. The SMILES string of the molecule is CN[C@@H](C)C(=O)N[C@H](C(=O)N1CCC[C@H]1c1nc(-c2cccc(C)c2)cs1)C1CCCCC1. The van der Waals surface area contributed by atoms with Crippen molar-refractivity contribution in [3.63, 3.8) is 0 Å². The van der Waals surface area contributed by atoms with Gasteiger partial charge in [-0.1, -0.05) is 43.0 Å². The van der Waals surface area contributed by atoms with Crippen LogP contribution in [0.2, 0.25) is 0 Å². The molecule has 0 radical (unpaired) electrons. The van der Waals surface area contributed by atoms with Gasteiger partial charge in [-0.3, -0.25) is 9.59 Å². The van der Waals surface area contributed by atoms with Crippen molar-refractivity contribution in [1.82, 2.24) is 20.5 Å². The fourth-order valence-electron chi connectivity index (χ4n) is 5.10. The van der Waals surface area contributed by atoms with E-state index in [1.54, 1.807) is 18.4 Å². The van der Waals surface area contributed by atoms with Gasteiger partial charge in [0, 0.05) is 17.5 Å². The number of nitrogens with one attached hydrogen (secondary N) is 2. The molecule has 178 valence electrons. The summed E-state index contributed by atoms with van der Waals surface area (Å²) < 4.78 is 0. The topological polar surface area (TPSA) is 74.3 Å². The summed E-state index contributed by atoms with van der Waals surface area (Å²) in [4.78, 5) is 33.5. The number of likely N-dealkylation sites (tertiary alicyclic amines) is 1. The van der Waals surface area contributed by atoms with Gasteiger partial charge < -0.3 is 15.5 Å². The molecule has 1 aliphatic heterocycles. The minimum absolute atomic E-state index is 0.00854. The summed E-state index contributed by atoms with van der Waals surface area (Å²) in [5.74, 6) is 0.168. The third kappa shape index (κ3) is 5.46. The number of carbonyl (C=O) groups is 2. The Balaban J connectivity index is 1.55. The molecule has 2 fully saturated rings. The maximum atomic E-state index is 13.9. The van der Waals surface area contributed by atoms with Gasteiger partial charge in [0.05, 0.1) is 17.8 Å². The Hall–Kier alpha value is -2.25. The number of likely N-dealkylation sites (N-methyl/N-ethyl adjacent to an activating group) is 1.